The zero-order chi connectivity index (χ0) is 15.5. The van der Waals surface area contributed by atoms with E-state index < -0.39 is 0 Å². The van der Waals surface area contributed by atoms with E-state index in [1.165, 1.54) is 0 Å². The Balaban J connectivity index is 2.00. The number of ketones is 1. The third kappa shape index (κ3) is 2.80. The van der Waals surface area contributed by atoms with Gasteiger partial charge in [0.15, 0.2) is 5.78 Å². The molecule has 0 fully saturated rings. The fourth-order valence-electron chi connectivity index (χ4n) is 2.92. The van der Waals surface area contributed by atoms with Crippen LogP contribution in [0.25, 0.3) is 0 Å². The molecule has 1 aliphatic rings. The minimum atomic E-state index is 0.0272. The standard InChI is InChI=1S/C19H19NO2/c1-14(21)16-10-11-18-17(13-16)9-5-6-12-20(18)19(22)15-7-3-2-4-8-15/h2-4,7-8,10-11,13H,5-6,9,12H2,1H3. The number of anilines is 1. The first kappa shape index (κ1) is 14.5. The molecule has 112 valence electrons. The quantitative estimate of drug-likeness (QED) is 0.788. The summed E-state index contributed by atoms with van der Waals surface area (Å²) in [5.74, 6) is 0.0901. The van der Waals surface area contributed by atoms with Gasteiger partial charge in [-0.05, 0) is 62.1 Å². The number of fused-ring (bicyclic) bond motifs is 1. The molecule has 3 rings (SSSR count). The Hall–Kier alpha value is -2.42. The van der Waals surface area contributed by atoms with Gasteiger partial charge in [0.05, 0.1) is 0 Å². The molecule has 22 heavy (non-hydrogen) atoms. The Morgan fingerprint density at radius 2 is 1.73 bits per heavy atom. The highest BCUT2D eigenvalue weighted by Gasteiger charge is 2.22. The van der Waals surface area contributed by atoms with Crippen LogP contribution in [-0.4, -0.2) is 18.2 Å². The maximum atomic E-state index is 12.8. The van der Waals surface area contributed by atoms with Crippen molar-refractivity contribution in [1.29, 1.82) is 0 Å². The Morgan fingerprint density at radius 1 is 0.955 bits per heavy atom. The van der Waals surface area contributed by atoms with E-state index >= 15 is 0 Å². The van der Waals surface area contributed by atoms with Crippen LogP contribution < -0.4 is 4.90 Å². The number of carbonyl (C=O) groups is 2. The fourth-order valence-corrected chi connectivity index (χ4v) is 2.92. The molecule has 0 saturated heterocycles. The summed E-state index contributed by atoms with van der Waals surface area (Å²) >= 11 is 0. The minimum Gasteiger partial charge on any atom is -0.308 e. The van der Waals surface area contributed by atoms with Crippen LogP contribution in [0, 0.1) is 0 Å². The lowest BCUT2D eigenvalue weighted by molar-refractivity contribution is 0.0985. The van der Waals surface area contributed by atoms with E-state index in [-0.39, 0.29) is 11.7 Å². The van der Waals surface area contributed by atoms with Gasteiger partial charge in [-0.15, -0.1) is 0 Å². The molecule has 1 heterocycles. The number of Topliss-reactive ketones (excluding diaryl/α,β-unsaturated/α-hetero) is 1. The first-order chi connectivity index (χ1) is 10.7. The Kier molecular flexibility index (Phi) is 4.05. The van der Waals surface area contributed by atoms with Crippen molar-refractivity contribution in [2.75, 3.05) is 11.4 Å². The SMILES string of the molecule is CC(=O)c1ccc2c(c1)CCCCN2C(=O)c1ccccc1. The summed E-state index contributed by atoms with van der Waals surface area (Å²) in [5.41, 5.74) is 3.45. The summed E-state index contributed by atoms with van der Waals surface area (Å²) < 4.78 is 0. The van der Waals surface area contributed by atoms with Gasteiger partial charge in [0.2, 0.25) is 0 Å². The van der Waals surface area contributed by atoms with Crippen LogP contribution in [0.3, 0.4) is 0 Å². The van der Waals surface area contributed by atoms with Gasteiger partial charge < -0.3 is 4.90 Å². The van der Waals surface area contributed by atoms with Gasteiger partial charge in [-0.1, -0.05) is 18.2 Å². The van der Waals surface area contributed by atoms with Gasteiger partial charge in [0.25, 0.3) is 5.91 Å². The van der Waals surface area contributed by atoms with Crippen LogP contribution in [0.1, 0.15) is 46.0 Å². The molecule has 0 radical (unpaired) electrons. The van der Waals surface area contributed by atoms with Crippen molar-refractivity contribution < 1.29 is 9.59 Å². The number of aryl methyl sites for hydroxylation is 1. The third-order valence-electron chi connectivity index (χ3n) is 4.12. The van der Waals surface area contributed by atoms with E-state index in [0.717, 1.165) is 37.1 Å². The second kappa shape index (κ2) is 6.14. The number of hydrogen-bond donors (Lipinski definition) is 0. The number of rotatable bonds is 2. The van der Waals surface area contributed by atoms with E-state index in [2.05, 4.69) is 0 Å². The molecule has 0 aromatic heterocycles. The molecule has 1 aliphatic heterocycles. The van der Waals surface area contributed by atoms with E-state index in [1.54, 1.807) is 6.92 Å². The van der Waals surface area contributed by atoms with Gasteiger partial charge in [0.1, 0.15) is 0 Å². The smallest absolute Gasteiger partial charge is 0.258 e. The average Bonchev–Trinajstić information content (AvgIpc) is 2.76. The molecule has 0 N–H and O–H groups in total. The molecule has 0 saturated carbocycles. The number of carbonyl (C=O) groups excluding carboxylic acids is 2. The van der Waals surface area contributed by atoms with Crippen molar-refractivity contribution >= 4 is 17.4 Å². The Morgan fingerprint density at radius 3 is 2.45 bits per heavy atom. The lowest BCUT2D eigenvalue weighted by Crippen LogP contribution is -2.31. The third-order valence-corrected chi connectivity index (χ3v) is 4.12. The summed E-state index contributed by atoms with van der Waals surface area (Å²) in [6.07, 6.45) is 2.92. The predicted octanol–water partition coefficient (Wildman–Crippen LogP) is 3.87. The molecule has 3 nitrogen and oxygen atoms in total. The Bertz CT molecular complexity index is 707. The highest BCUT2D eigenvalue weighted by molar-refractivity contribution is 6.07. The van der Waals surface area contributed by atoms with Crippen LogP contribution in [-0.2, 0) is 6.42 Å². The zero-order valence-electron chi connectivity index (χ0n) is 12.7. The van der Waals surface area contributed by atoms with Crippen molar-refractivity contribution in [3.8, 4) is 0 Å². The number of hydrogen-bond acceptors (Lipinski definition) is 2. The van der Waals surface area contributed by atoms with E-state index in [1.807, 2.05) is 53.4 Å². The largest absolute Gasteiger partial charge is 0.308 e. The summed E-state index contributed by atoms with van der Waals surface area (Å²) in [6.45, 7) is 2.30. The number of benzene rings is 2. The molecule has 1 amide bonds. The molecule has 2 aromatic rings. The number of amides is 1. The molecule has 3 heteroatoms. The van der Waals surface area contributed by atoms with E-state index in [4.69, 9.17) is 0 Å². The average molecular weight is 293 g/mol. The second-order valence-corrected chi connectivity index (χ2v) is 5.68. The topological polar surface area (TPSA) is 37.4 Å². The van der Waals surface area contributed by atoms with Gasteiger partial charge >= 0.3 is 0 Å². The first-order valence-electron chi connectivity index (χ1n) is 7.67. The van der Waals surface area contributed by atoms with E-state index in [9.17, 15) is 9.59 Å². The molecular formula is C19H19NO2. The molecule has 0 atom stereocenters. The maximum absolute atomic E-state index is 12.8. The predicted molar refractivity (Wildman–Crippen MR) is 87.5 cm³/mol. The monoisotopic (exact) mass is 293 g/mol. The van der Waals surface area contributed by atoms with Crippen molar-refractivity contribution in [1.82, 2.24) is 0 Å². The molecule has 2 aromatic carbocycles. The second-order valence-electron chi connectivity index (χ2n) is 5.68. The van der Waals surface area contributed by atoms with Crippen LogP contribution in [0.4, 0.5) is 5.69 Å². The van der Waals surface area contributed by atoms with Crippen molar-refractivity contribution in [3.63, 3.8) is 0 Å². The van der Waals surface area contributed by atoms with Crippen LogP contribution in [0.2, 0.25) is 0 Å². The highest BCUT2D eigenvalue weighted by Crippen LogP contribution is 2.29. The summed E-state index contributed by atoms with van der Waals surface area (Å²) in [6, 6.07) is 15.0. The number of nitrogens with zero attached hydrogens (tertiary/aromatic N) is 1. The summed E-state index contributed by atoms with van der Waals surface area (Å²) in [5, 5.41) is 0. The van der Waals surface area contributed by atoms with Gasteiger partial charge in [-0.25, -0.2) is 0 Å². The van der Waals surface area contributed by atoms with Gasteiger partial charge in [-0.2, -0.15) is 0 Å². The maximum Gasteiger partial charge on any atom is 0.258 e. The van der Waals surface area contributed by atoms with Gasteiger partial charge in [0, 0.05) is 23.4 Å². The first-order valence-corrected chi connectivity index (χ1v) is 7.67. The zero-order valence-corrected chi connectivity index (χ0v) is 12.7. The summed E-state index contributed by atoms with van der Waals surface area (Å²) in [7, 11) is 0. The highest BCUT2D eigenvalue weighted by atomic mass is 16.2. The van der Waals surface area contributed by atoms with Crippen LogP contribution >= 0.6 is 0 Å². The Labute approximate surface area is 130 Å². The van der Waals surface area contributed by atoms with Crippen molar-refractivity contribution in [2.45, 2.75) is 26.2 Å². The minimum absolute atomic E-state index is 0.0272. The van der Waals surface area contributed by atoms with Crippen molar-refractivity contribution in [3.05, 3.63) is 65.2 Å². The molecule has 0 bridgehead atoms. The van der Waals surface area contributed by atoms with Gasteiger partial charge in [-0.3, -0.25) is 9.59 Å². The molecule has 0 unspecified atom stereocenters. The molecular weight excluding hydrogens is 274 g/mol. The lowest BCUT2D eigenvalue weighted by Gasteiger charge is -2.23. The molecule has 0 spiro atoms. The van der Waals surface area contributed by atoms with Crippen LogP contribution in [0.5, 0.6) is 0 Å². The lowest BCUT2D eigenvalue weighted by atomic mass is 10.0. The molecule has 0 aliphatic carbocycles. The van der Waals surface area contributed by atoms with Crippen molar-refractivity contribution in [2.24, 2.45) is 0 Å². The fraction of sp³-hybridized carbons (Fsp3) is 0.263. The van der Waals surface area contributed by atoms with Crippen LogP contribution in [0.15, 0.2) is 48.5 Å². The summed E-state index contributed by atoms with van der Waals surface area (Å²) in [4.78, 5) is 26.2. The van der Waals surface area contributed by atoms with E-state index in [0.29, 0.717) is 11.1 Å². The normalized spacial score (nSPS) is 14.1.